The van der Waals surface area contributed by atoms with Gasteiger partial charge < -0.3 is 20.5 Å². The number of imidazole rings is 1. The minimum Gasteiger partial charge on any atom is -0.450 e. The van der Waals surface area contributed by atoms with Crippen molar-refractivity contribution < 1.29 is 19.8 Å². The summed E-state index contributed by atoms with van der Waals surface area (Å²) in [6, 6.07) is 24.2. The lowest BCUT2D eigenvalue weighted by molar-refractivity contribution is 0.0922. The van der Waals surface area contributed by atoms with Gasteiger partial charge in [-0.05, 0) is 48.2 Å². The summed E-state index contributed by atoms with van der Waals surface area (Å²) in [6.07, 6.45) is 2.62. The van der Waals surface area contributed by atoms with E-state index in [9.17, 15) is 4.79 Å². The standard InChI is InChI=1S/C25H23N3O.CH2O3/c29-24(19-5-1-2-6-19)20-11-9-17(10-12-20)18-13-15-21(16-14-18)26-25-27-22-7-3-4-8-23(22)28-25;2-1(3)4/h3-4,7-16,19H,1-2,5-6H2,(H2,26,27,28);(H2,2,3,4). The predicted octanol–water partition coefficient (Wildman–Crippen LogP) is 6.57. The van der Waals surface area contributed by atoms with Crippen LogP contribution in [0.5, 0.6) is 0 Å². The molecule has 5 rings (SSSR count). The molecule has 168 valence electrons. The van der Waals surface area contributed by atoms with Gasteiger partial charge in [0.05, 0.1) is 11.0 Å². The van der Waals surface area contributed by atoms with Crippen molar-refractivity contribution in [3.63, 3.8) is 0 Å². The number of Topliss-reactive ketones (excluding diaryl/α,β-unsaturated/α-hetero) is 1. The van der Waals surface area contributed by atoms with Crippen molar-refractivity contribution in [1.82, 2.24) is 9.97 Å². The van der Waals surface area contributed by atoms with Gasteiger partial charge in [-0.15, -0.1) is 0 Å². The number of carbonyl (C=O) groups excluding carboxylic acids is 1. The van der Waals surface area contributed by atoms with Crippen LogP contribution in [0.2, 0.25) is 0 Å². The molecule has 0 amide bonds. The fourth-order valence-electron chi connectivity index (χ4n) is 4.15. The van der Waals surface area contributed by atoms with Gasteiger partial charge in [-0.2, -0.15) is 0 Å². The van der Waals surface area contributed by atoms with E-state index in [-0.39, 0.29) is 5.92 Å². The molecule has 4 N–H and O–H groups in total. The lowest BCUT2D eigenvalue weighted by Gasteiger charge is -2.09. The third-order valence-electron chi connectivity index (χ3n) is 5.77. The number of ketones is 1. The van der Waals surface area contributed by atoms with E-state index in [1.807, 2.05) is 60.7 Å². The number of fused-ring (bicyclic) bond motifs is 1. The van der Waals surface area contributed by atoms with Crippen molar-refractivity contribution in [1.29, 1.82) is 0 Å². The zero-order valence-corrected chi connectivity index (χ0v) is 18.0. The Labute approximate surface area is 191 Å². The van der Waals surface area contributed by atoms with Gasteiger partial charge in [0, 0.05) is 17.2 Å². The van der Waals surface area contributed by atoms with Crippen LogP contribution in [0.4, 0.5) is 16.4 Å². The Hall–Kier alpha value is -4.13. The fraction of sp³-hybridized carbons (Fsp3) is 0.192. The van der Waals surface area contributed by atoms with Crippen LogP contribution in [0.25, 0.3) is 22.2 Å². The average molecular weight is 444 g/mol. The van der Waals surface area contributed by atoms with Gasteiger partial charge in [0.1, 0.15) is 0 Å². The maximum atomic E-state index is 12.6. The number of para-hydroxylation sites is 2. The molecule has 1 heterocycles. The zero-order valence-electron chi connectivity index (χ0n) is 18.0. The Balaban J connectivity index is 0.000000601. The van der Waals surface area contributed by atoms with E-state index < -0.39 is 6.16 Å². The highest BCUT2D eigenvalue weighted by atomic mass is 16.6. The van der Waals surface area contributed by atoms with E-state index >= 15 is 0 Å². The molecule has 0 unspecified atom stereocenters. The number of aromatic amines is 1. The maximum Gasteiger partial charge on any atom is 0.503 e. The molecule has 0 radical (unpaired) electrons. The number of carbonyl (C=O) groups is 2. The molecule has 1 saturated carbocycles. The van der Waals surface area contributed by atoms with Crippen LogP contribution >= 0.6 is 0 Å². The lowest BCUT2D eigenvalue weighted by Crippen LogP contribution is -2.10. The van der Waals surface area contributed by atoms with Crippen molar-refractivity contribution in [2.75, 3.05) is 5.32 Å². The Morgan fingerprint density at radius 2 is 1.42 bits per heavy atom. The molecule has 1 aromatic heterocycles. The van der Waals surface area contributed by atoms with Crippen LogP contribution in [0.1, 0.15) is 36.0 Å². The normalized spacial score (nSPS) is 13.3. The van der Waals surface area contributed by atoms with E-state index in [0.717, 1.165) is 52.2 Å². The SMILES string of the molecule is O=C(O)O.O=C(c1ccc(-c2ccc(Nc3nc4ccccc4[nH]3)cc2)cc1)C1CCCC1. The highest BCUT2D eigenvalue weighted by Gasteiger charge is 2.23. The Kier molecular flexibility index (Phi) is 6.69. The van der Waals surface area contributed by atoms with Crippen LogP contribution in [0.15, 0.2) is 72.8 Å². The predicted molar refractivity (Wildman–Crippen MR) is 128 cm³/mol. The van der Waals surface area contributed by atoms with Crippen LogP contribution < -0.4 is 5.32 Å². The molecule has 3 aromatic carbocycles. The number of hydrogen-bond donors (Lipinski definition) is 4. The summed E-state index contributed by atoms with van der Waals surface area (Å²) in [6.45, 7) is 0. The third kappa shape index (κ3) is 5.57. The Bertz CT molecular complexity index is 1200. The number of rotatable bonds is 5. The van der Waals surface area contributed by atoms with E-state index in [0.29, 0.717) is 5.78 Å². The number of hydrogen-bond acceptors (Lipinski definition) is 4. The van der Waals surface area contributed by atoms with Crippen LogP contribution in [-0.4, -0.2) is 32.1 Å². The maximum absolute atomic E-state index is 12.6. The molecular weight excluding hydrogens is 418 g/mol. The molecule has 0 atom stereocenters. The molecule has 4 aromatic rings. The second-order valence-corrected chi connectivity index (χ2v) is 8.01. The zero-order chi connectivity index (χ0) is 23.2. The Morgan fingerprint density at radius 1 is 0.848 bits per heavy atom. The summed E-state index contributed by atoms with van der Waals surface area (Å²) in [5.41, 5.74) is 6.01. The molecule has 33 heavy (non-hydrogen) atoms. The van der Waals surface area contributed by atoms with Gasteiger partial charge in [0.15, 0.2) is 5.78 Å². The number of benzene rings is 3. The molecule has 7 heteroatoms. The highest BCUT2D eigenvalue weighted by Crippen LogP contribution is 2.29. The number of nitrogens with zero attached hydrogens (tertiary/aromatic N) is 1. The number of carboxylic acid groups (broad SMARTS) is 2. The molecule has 1 aliphatic carbocycles. The monoisotopic (exact) mass is 443 g/mol. The van der Waals surface area contributed by atoms with Gasteiger partial charge in [0.2, 0.25) is 5.95 Å². The number of aromatic nitrogens is 2. The van der Waals surface area contributed by atoms with E-state index in [1.165, 1.54) is 12.8 Å². The van der Waals surface area contributed by atoms with Crippen molar-refractivity contribution in [3.8, 4) is 11.1 Å². The minimum atomic E-state index is -1.83. The molecule has 0 bridgehead atoms. The van der Waals surface area contributed by atoms with Gasteiger partial charge in [-0.1, -0.05) is 61.4 Å². The summed E-state index contributed by atoms with van der Waals surface area (Å²) in [4.78, 5) is 28.9. The minimum absolute atomic E-state index is 0.226. The molecule has 7 nitrogen and oxygen atoms in total. The van der Waals surface area contributed by atoms with Crippen molar-refractivity contribution >= 4 is 34.6 Å². The summed E-state index contributed by atoms with van der Waals surface area (Å²) in [5.74, 6) is 1.26. The molecule has 0 saturated heterocycles. The summed E-state index contributed by atoms with van der Waals surface area (Å²) in [5, 5.41) is 17.3. The highest BCUT2D eigenvalue weighted by molar-refractivity contribution is 5.98. The second kappa shape index (κ2) is 9.99. The summed E-state index contributed by atoms with van der Waals surface area (Å²) < 4.78 is 0. The average Bonchev–Trinajstić information content (AvgIpc) is 3.49. The largest absolute Gasteiger partial charge is 0.503 e. The van der Waals surface area contributed by atoms with Gasteiger partial charge in [-0.25, -0.2) is 9.78 Å². The van der Waals surface area contributed by atoms with Crippen molar-refractivity contribution in [3.05, 3.63) is 78.4 Å². The molecule has 1 fully saturated rings. The molecule has 0 aliphatic heterocycles. The first-order chi connectivity index (χ1) is 16.0. The third-order valence-corrected chi connectivity index (χ3v) is 5.77. The smallest absolute Gasteiger partial charge is 0.450 e. The molecule has 1 aliphatic rings. The first-order valence-electron chi connectivity index (χ1n) is 10.9. The van der Waals surface area contributed by atoms with E-state index in [4.69, 9.17) is 15.0 Å². The van der Waals surface area contributed by atoms with Crippen molar-refractivity contribution in [2.24, 2.45) is 5.92 Å². The molecular formula is C26H25N3O4. The first kappa shape index (κ1) is 22.1. The number of H-pyrrole nitrogens is 1. The fourth-order valence-corrected chi connectivity index (χ4v) is 4.15. The van der Waals surface area contributed by atoms with E-state index in [2.05, 4.69) is 27.4 Å². The lowest BCUT2D eigenvalue weighted by atomic mass is 9.94. The summed E-state index contributed by atoms with van der Waals surface area (Å²) >= 11 is 0. The number of anilines is 2. The van der Waals surface area contributed by atoms with Crippen molar-refractivity contribution in [2.45, 2.75) is 25.7 Å². The first-order valence-corrected chi connectivity index (χ1v) is 10.9. The molecule has 0 spiro atoms. The van der Waals surface area contributed by atoms with Crippen LogP contribution in [-0.2, 0) is 0 Å². The van der Waals surface area contributed by atoms with Gasteiger partial charge >= 0.3 is 6.16 Å². The Morgan fingerprint density at radius 3 is 2.03 bits per heavy atom. The number of nitrogens with one attached hydrogen (secondary N) is 2. The quantitative estimate of drug-likeness (QED) is 0.259. The van der Waals surface area contributed by atoms with Crippen LogP contribution in [0, 0.1) is 5.92 Å². The van der Waals surface area contributed by atoms with E-state index in [1.54, 1.807) is 0 Å². The summed E-state index contributed by atoms with van der Waals surface area (Å²) in [7, 11) is 0. The van der Waals surface area contributed by atoms with Gasteiger partial charge in [0.25, 0.3) is 0 Å². The topological polar surface area (TPSA) is 115 Å². The second-order valence-electron chi connectivity index (χ2n) is 8.01. The van der Waals surface area contributed by atoms with Crippen LogP contribution in [0.3, 0.4) is 0 Å². The van der Waals surface area contributed by atoms with Gasteiger partial charge in [-0.3, -0.25) is 4.79 Å².